The van der Waals surface area contributed by atoms with E-state index in [1.165, 1.54) is 57.3 Å². The highest BCUT2D eigenvalue weighted by atomic mass is 16.5. The van der Waals surface area contributed by atoms with Gasteiger partial charge in [-0.3, -0.25) is 0 Å². The van der Waals surface area contributed by atoms with Crippen molar-refractivity contribution in [3.05, 3.63) is 24.3 Å². The third-order valence-corrected chi connectivity index (χ3v) is 4.80. The fraction of sp³-hybridized carbons (Fsp3) is 0.647. The van der Waals surface area contributed by atoms with Crippen molar-refractivity contribution in [1.82, 2.24) is 0 Å². The minimum Gasteiger partial charge on any atom is -0.490 e. The molecule has 3 heteroatoms. The van der Waals surface area contributed by atoms with E-state index in [9.17, 15) is 0 Å². The maximum Gasteiger partial charge on any atom is 0.142 e. The first-order valence-electron chi connectivity index (χ1n) is 8.00. The number of nitrogens with two attached hydrogens (primary N) is 1. The molecular weight excluding hydrogens is 248 g/mol. The predicted molar refractivity (Wildman–Crippen MR) is 83.3 cm³/mol. The van der Waals surface area contributed by atoms with Crippen molar-refractivity contribution in [3.8, 4) is 5.75 Å². The molecule has 0 bridgehead atoms. The van der Waals surface area contributed by atoms with E-state index in [1.54, 1.807) is 0 Å². The van der Waals surface area contributed by atoms with E-state index in [1.807, 2.05) is 6.07 Å². The molecule has 2 fully saturated rings. The topological polar surface area (TPSA) is 38.5 Å². The average molecular weight is 274 g/mol. The first-order chi connectivity index (χ1) is 9.83. The maximum absolute atomic E-state index is 5.78. The van der Waals surface area contributed by atoms with Gasteiger partial charge in [0.2, 0.25) is 0 Å². The average Bonchev–Trinajstić information content (AvgIpc) is 2.70. The second-order valence-electron chi connectivity index (χ2n) is 6.38. The van der Waals surface area contributed by atoms with Gasteiger partial charge in [0, 0.05) is 25.0 Å². The van der Waals surface area contributed by atoms with E-state index in [0.717, 1.165) is 5.75 Å². The molecule has 1 aliphatic heterocycles. The standard InChI is InChI=1S/C17H26N2O/c18-11-12-20-16-8-4-3-7-15(16)19-13-17(14-19)9-5-1-2-6-10-17/h3-4,7-8H,1-2,5-6,9-14,18H2. The Labute approximate surface area is 122 Å². The highest BCUT2D eigenvalue weighted by molar-refractivity contribution is 5.60. The summed E-state index contributed by atoms with van der Waals surface area (Å²) in [6, 6.07) is 8.37. The van der Waals surface area contributed by atoms with E-state index in [-0.39, 0.29) is 0 Å². The van der Waals surface area contributed by atoms with E-state index in [0.29, 0.717) is 18.6 Å². The van der Waals surface area contributed by atoms with Crippen LogP contribution in [0.3, 0.4) is 0 Å². The van der Waals surface area contributed by atoms with Crippen molar-refractivity contribution in [3.63, 3.8) is 0 Å². The number of hydrogen-bond acceptors (Lipinski definition) is 3. The number of nitrogens with zero attached hydrogens (tertiary/aromatic N) is 1. The first kappa shape index (κ1) is 13.7. The maximum atomic E-state index is 5.78. The van der Waals surface area contributed by atoms with Gasteiger partial charge in [0.15, 0.2) is 0 Å². The number of para-hydroxylation sites is 2. The lowest BCUT2D eigenvalue weighted by Crippen LogP contribution is -2.56. The van der Waals surface area contributed by atoms with Crippen molar-refractivity contribution >= 4 is 5.69 Å². The highest BCUT2D eigenvalue weighted by Crippen LogP contribution is 2.46. The Morgan fingerprint density at radius 3 is 2.45 bits per heavy atom. The fourth-order valence-electron chi connectivity index (χ4n) is 3.74. The Balaban J connectivity index is 1.66. The van der Waals surface area contributed by atoms with Gasteiger partial charge in [-0.1, -0.05) is 37.8 Å². The van der Waals surface area contributed by atoms with Crippen LogP contribution in [0.1, 0.15) is 38.5 Å². The number of anilines is 1. The summed E-state index contributed by atoms with van der Waals surface area (Å²) in [5, 5.41) is 0. The van der Waals surface area contributed by atoms with Gasteiger partial charge in [-0.05, 0) is 25.0 Å². The normalized spacial score (nSPS) is 21.4. The molecule has 0 aromatic heterocycles. The molecule has 3 rings (SSSR count). The summed E-state index contributed by atoms with van der Waals surface area (Å²) in [7, 11) is 0. The summed E-state index contributed by atoms with van der Waals surface area (Å²) in [5.41, 5.74) is 7.38. The van der Waals surface area contributed by atoms with E-state index < -0.39 is 0 Å². The molecule has 20 heavy (non-hydrogen) atoms. The lowest BCUT2D eigenvalue weighted by molar-refractivity contribution is 0.179. The van der Waals surface area contributed by atoms with E-state index >= 15 is 0 Å². The van der Waals surface area contributed by atoms with E-state index in [2.05, 4.69) is 23.1 Å². The van der Waals surface area contributed by atoms with Crippen LogP contribution in [0.2, 0.25) is 0 Å². The smallest absolute Gasteiger partial charge is 0.142 e. The Bertz CT molecular complexity index is 430. The number of hydrogen-bond donors (Lipinski definition) is 1. The number of benzene rings is 1. The highest BCUT2D eigenvalue weighted by Gasteiger charge is 2.43. The molecule has 1 saturated carbocycles. The Morgan fingerprint density at radius 1 is 1.05 bits per heavy atom. The van der Waals surface area contributed by atoms with Gasteiger partial charge >= 0.3 is 0 Å². The van der Waals surface area contributed by atoms with Crippen LogP contribution in [0.4, 0.5) is 5.69 Å². The van der Waals surface area contributed by atoms with Crippen LogP contribution in [0.5, 0.6) is 5.75 Å². The van der Waals surface area contributed by atoms with Crippen LogP contribution in [0.15, 0.2) is 24.3 Å². The third kappa shape index (κ3) is 2.78. The van der Waals surface area contributed by atoms with Gasteiger partial charge < -0.3 is 15.4 Å². The second kappa shape index (κ2) is 6.04. The Hall–Kier alpha value is -1.22. The molecular formula is C17H26N2O. The molecule has 1 aromatic carbocycles. The Morgan fingerprint density at radius 2 is 1.75 bits per heavy atom. The molecule has 0 atom stereocenters. The van der Waals surface area contributed by atoms with Gasteiger partial charge in [-0.15, -0.1) is 0 Å². The van der Waals surface area contributed by atoms with Crippen LogP contribution in [0.25, 0.3) is 0 Å². The summed E-state index contributed by atoms with van der Waals surface area (Å²) in [6.07, 6.45) is 8.51. The first-order valence-corrected chi connectivity index (χ1v) is 8.00. The van der Waals surface area contributed by atoms with Crippen LogP contribution < -0.4 is 15.4 Å². The quantitative estimate of drug-likeness (QED) is 0.916. The van der Waals surface area contributed by atoms with Crippen molar-refractivity contribution in [1.29, 1.82) is 0 Å². The van der Waals surface area contributed by atoms with Crippen LogP contribution >= 0.6 is 0 Å². The molecule has 1 aliphatic carbocycles. The van der Waals surface area contributed by atoms with E-state index in [4.69, 9.17) is 10.5 Å². The Kier molecular flexibility index (Phi) is 4.16. The van der Waals surface area contributed by atoms with Crippen LogP contribution in [0, 0.1) is 5.41 Å². The molecule has 1 saturated heterocycles. The third-order valence-electron chi connectivity index (χ3n) is 4.80. The monoisotopic (exact) mass is 274 g/mol. The number of ether oxygens (including phenoxy) is 1. The largest absolute Gasteiger partial charge is 0.490 e. The summed E-state index contributed by atoms with van der Waals surface area (Å²) < 4.78 is 5.78. The zero-order valence-corrected chi connectivity index (χ0v) is 12.3. The minimum absolute atomic E-state index is 0.568. The van der Waals surface area contributed by atoms with Crippen molar-refractivity contribution in [2.24, 2.45) is 11.1 Å². The fourth-order valence-corrected chi connectivity index (χ4v) is 3.74. The molecule has 0 amide bonds. The molecule has 2 aliphatic rings. The van der Waals surface area contributed by atoms with Crippen molar-refractivity contribution < 1.29 is 4.74 Å². The molecule has 0 radical (unpaired) electrons. The zero-order chi connectivity index (χ0) is 13.8. The molecule has 3 nitrogen and oxygen atoms in total. The molecule has 1 aromatic rings. The van der Waals surface area contributed by atoms with Crippen molar-refractivity contribution in [2.45, 2.75) is 38.5 Å². The second-order valence-corrected chi connectivity index (χ2v) is 6.38. The lowest BCUT2D eigenvalue weighted by Gasteiger charge is -2.52. The summed E-state index contributed by atoms with van der Waals surface area (Å²) in [4.78, 5) is 2.48. The zero-order valence-electron chi connectivity index (χ0n) is 12.3. The minimum atomic E-state index is 0.568. The SMILES string of the molecule is NCCOc1ccccc1N1CC2(CCCCCC2)C1. The summed E-state index contributed by atoms with van der Waals surface area (Å²) >= 11 is 0. The van der Waals surface area contributed by atoms with Gasteiger partial charge in [-0.25, -0.2) is 0 Å². The molecule has 2 N–H and O–H groups in total. The molecule has 1 heterocycles. The summed E-state index contributed by atoms with van der Waals surface area (Å²) in [5.74, 6) is 0.987. The van der Waals surface area contributed by atoms with Gasteiger partial charge in [0.25, 0.3) is 0 Å². The summed E-state index contributed by atoms with van der Waals surface area (Å²) in [6.45, 7) is 3.57. The lowest BCUT2D eigenvalue weighted by atomic mass is 9.73. The molecule has 110 valence electrons. The van der Waals surface area contributed by atoms with Gasteiger partial charge in [-0.2, -0.15) is 0 Å². The van der Waals surface area contributed by atoms with Gasteiger partial charge in [0.05, 0.1) is 5.69 Å². The van der Waals surface area contributed by atoms with Crippen LogP contribution in [-0.2, 0) is 0 Å². The van der Waals surface area contributed by atoms with Crippen LogP contribution in [-0.4, -0.2) is 26.2 Å². The van der Waals surface area contributed by atoms with Gasteiger partial charge in [0.1, 0.15) is 12.4 Å². The number of rotatable bonds is 4. The predicted octanol–water partition coefficient (Wildman–Crippen LogP) is 3.18. The molecule has 0 unspecified atom stereocenters. The molecule has 1 spiro atoms. The van der Waals surface area contributed by atoms with Crippen molar-refractivity contribution in [2.75, 3.05) is 31.1 Å².